The van der Waals surface area contributed by atoms with Crippen molar-refractivity contribution in [3.8, 4) is 5.75 Å². The molecule has 2 rings (SSSR count). The molecule has 1 unspecified atom stereocenters. The predicted molar refractivity (Wildman–Crippen MR) is 75.0 cm³/mol. The van der Waals surface area contributed by atoms with E-state index in [0.29, 0.717) is 5.69 Å². The molecule has 0 bridgehead atoms. The minimum absolute atomic E-state index is 0.0174. The van der Waals surface area contributed by atoms with E-state index in [0.717, 1.165) is 4.88 Å². The summed E-state index contributed by atoms with van der Waals surface area (Å²) >= 11 is 4.57. The number of hydrogen-bond donors (Lipinski definition) is 1. The molecule has 1 heterocycles. The number of ether oxygens (including phenoxy) is 1. The number of aromatic nitrogens is 1. The lowest BCUT2D eigenvalue weighted by Crippen LogP contribution is -2.17. The molecule has 1 aromatic heterocycles. The first-order valence-corrected chi connectivity index (χ1v) is 7.22. The van der Waals surface area contributed by atoms with Crippen LogP contribution in [0, 0.1) is 0 Å². The van der Waals surface area contributed by atoms with Gasteiger partial charge < -0.3 is 10.1 Å². The lowest BCUT2D eigenvalue weighted by molar-refractivity contribution is -0.274. The number of nitrogens with zero attached hydrogens (tertiary/aromatic N) is 1. The maximum Gasteiger partial charge on any atom is 0.573 e. The second-order valence-corrected chi connectivity index (χ2v) is 5.74. The van der Waals surface area contributed by atoms with E-state index in [9.17, 15) is 13.2 Å². The Bertz CT molecular complexity index is 575. The number of rotatable bonds is 4. The molecule has 0 spiro atoms. The Labute approximate surface area is 125 Å². The van der Waals surface area contributed by atoms with Crippen LogP contribution in [0.3, 0.4) is 0 Å². The van der Waals surface area contributed by atoms with Gasteiger partial charge in [0, 0.05) is 16.8 Å². The normalized spacial score (nSPS) is 13.1. The van der Waals surface area contributed by atoms with E-state index < -0.39 is 6.36 Å². The first kappa shape index (κ1) is 15.1. The second kappa shape index (κ2) is 6.01. The van der Waals surface area contributed by atoms with Crippen LogP contribution in [0.25, 0.3) is 0 Å². The fourth-order valence-corrected chi connectivity index (χ4v) is 2.65. The number of alkyl halides is 3. The standard InChI is InChI=1S/C12H10BrF3N2OS/c1-7(11-5-17-6-20-11)18-8-2-3-10(9(13)4-8)19-12(14,15)16/h2-7,18H,1H3. The second-order valence-electron chi connectivity index (χ2n) is 3.96. The Morgan fingerprint density at radius 3 is 2.70 bits per heavy atom. The summed E-state index contributed by atoms with van der Waals surface area (Å²) in [6.45, 7) is 1.95. The zero-order chi connectivity index (χ0) is 14.8. The van der Waals surface area contributed by atoms with Crippen LogP contribution in [-0.2, 0) is 0 Å². The van der Waals surface area contributed by atoms with Crippen LogP contribution in [0.4, 0.5) is 18.9 Å². The molecule has 8 heteroatoms. The van der Waals surface area contributed by atoms with Crippen molar-refractivity contribution in [2.24, 2.45) is 0 Å². The minimum atomic E-state index is -4.70. The highest BCUT2D eigenvalue weighted by molar-refractivity contribution is 9.10. The third kappa shape index (κ3) is 4.11. The SMILES string of the molecule is CC(Nc1ccc(OC(F)(F)F)c(Br)c1)c1cncs1. The molecule has 2 aromatic rings. The van der Waals surface area contributed by atoms with Crippen molar-refractivity contribution in [2.75, 3.05) is 5.32 Å². The van der Waals surface area contributed by atoms with Crippen LogP contribution in [0.15, 0.2) is 34.4 Å². The van der Waals surface area contributed by atoms with Gasteiger partial charge in [0.2, 0.25) is 0 Å². The average molecular weight is 367 g/mol. The lowest BCUT2D eigenvalue weighted by Gasteiger charge is -2.15. The summed E-state index contributed by atoms with van der Waals surface area (Å²) in [6.07, 6.45) is -2.95. The summed E-state index contributed by atoms with van der Waals surface area (Å²) in [5.41, 5.74) is 2.41. The maximum absolute atomic E-state index is 12.2. The van der Waals surface area contributed by atoms with Gasteiger partial charge in [-0.05, 0) is 41.1 Å². The topological polar surface area (TPSA) is 34.1 Å². The summed E-state index contributed by atoms with van der Waals surface area (Å²) in [4.78, 5) is 5.02. The van der Waals surface area contributed by atoms with Gasteiger partial charge in [-0.3, -0.25) is 4.98 Å². The Balaban J connectivity index is 2.09. The van der Waals surface area contributed by atoms with Gasteiger partial charge in [-0.2, -0.15) is 0 Å². The fourth-order valence-electron chi connectivity index (χ4n) is 1.56. The Morgan fingerprint density at radius 1 is 1.40 bits per heavy atom. The van der Waals surface area contributed by atoms with Gasteiger partial charge in [0.25, 0.3) is 0 Å². The molecular formula is C12H10BrF3N2OS. The molecule has 1 N–H and O–H groups in total. The molecule has 108 valence electrons. The highest BCUT2D eigenvalue weighted by Crippen LogP contribution is 2.33. The number of benzene rings is 1. The molecule has 1 atom stereocenters. The van der Waals surface area contributed by atoms with Gasteiger partial charge in [-0.1, -0.05) is 0 Å². The summed E-state index contributed by atoms with van der Waals surface area (Å²) in [7, 11) is 0. The van der Waals surface area contributed by atoms with Gasteiger partial charge in [-0.25, -0.2) is 0 Å². The Hall–Kier alpha value is -1.28. The first-order valence-electron chi connectivity index (χ1n) is 5.55. The van der Waals surface area contributed by atoms with Crippen molar-refractivity contribution in [3.63, 3.8) is 0 Å². The smallest absolute Gasteiger partial charge is 0.405 e. The van der Waals surface area contributed by atoms with E-state index in [1.165, 1.54) is 23.5 Å². The third-order valence-corrected chi connectivity index (χ3v) is 4.00. The Kier molecular flexibility index (Phi) is 4.54. The van der Waals surface area contributed by atoms with Gasteiger partial charge in [-0.15, -0.1) is 24.5 Å². The molecule has 3 nitrogen and oxygen atoms in total. The summed E-state index contributed by atoms with van der Waals surface area (Å²) in [5, 5.41) is 3.18. The van der Waals surface area contributed by atoms with Crippen molar-refractivity contribution >= 4 is 33.0 Å². The van der Waals surface area contributed by atoms with Gasteiger partial charge in [0.05, 0.1) is 16.0 Å². The number of anilines is 1. The minimum Gasteiger partial charge on any atom is -0.405 e. The van der Waals surface area contributed by atoms with Crippen molar-refractivity contribution in [2.45, 2.75) is 19.3 Å². The molecular weight excluding hydrogens is 357 g/mol. The Morgan fingerprint density at radius 2 is 2.15 bits per heavy atom. The van der Waals surface area contributed by atoms with Crippen molar-refractivity contribution in [3.05, 3.63) is 39.3 Å². The maximum atomic E-state index is 12.2. The van der Waals surface area contributed by atoms with Gasteiger partial charge in [0.1, 0.15) is 5.75 Å². The van der Waals surface area contributed by atoms with E-state index in [-0.39, 0.29) is 16.3 Å². The summed E-state index contributed by atoms with van der Waals surface area (Å²) < 4.78 is 40.6. The van der Waals surface area contributed by atoms with E-state index in [1.807, 2.05) is 6.92 Å². The first-order chi connectivity index (χ1) is 9.35. The van der Waals surface area contributed by atoms with Crippen LogP contribution in [-0.4, -0.2) is 11.3 Å². The number of hydrogen-bond acceptors (Lipinski definition) is 4. The molecule has 0 amide bonds. The average Bonchev–Trinajstić information content (AvgIpc) is 2.85. The molecule has 0 aliphatic rings. The molecule has 0 fully saturated rings. The monoisotopic (exact) mass is 366 g/mol. The van der Waals surface area contributed by atoms with Crippen LogP contribution in [0.1, 0.15) is 17.8 Å². The van der Waals surface area contributed by atoms with Crippen molar-refractivity contribution in [1.29, 1.82) is 0 Å². The van der Waals surface area contributed by atoms with Gasteiger partial charge >= 0.3 is 6.36 Å². The van der Waals surface area contributed by atoms with E-state index >= 15 is 0 Å². The van der Waals surface area contributed by atoms with E-state index in [2.05, 4.69) is 31.0 Å². The van der Waals surface area contributed by atoms with Crippen molar-refractivity contribution < 1.29 is 17.9 Å². The third-order valence-electron chi connectivity index (χ3n) is 2.42. The quantitative estimate of drug-likeness (QED) is 0.828. The lowest BCUT2D eigenvalue weighted by atomic mass is 10.2. The number of nitrogens with one attached hydrogen (secondary N) is 1. The van der Waals surface area contributed by atoms with E-state index in [4.69, 9.17) is 0 Å². The van der Waals surface area contributed by atoms with E-state index in [1.54, 1.807) is 17.8 Å². The molecule has 0 aliphatic carbocycles. The zero-order valence-corrected chi connectivity index (χ0v) is 12.6. The van der Waals surface area contributed by atoms with Crippen molar-refractivity contribution in [1.82, 2.24) is 4.98 Å². The fraction of sp³-hybridized carbons (Fsp3) is 0.250. The van der Waals surface area contributed by atoms with Crippen LogP contribution < -0.4 is 10.1 Å². The van der Waals surface area contributed by atoms with Crippen LogP contribution >= 0.6 is 27.3 Å². The summed E-state index contributed by atoms with van der Waals surface area (Å²) in [5.74, 6) is -0.270. The molecule has 0 radical (unpaired) electrons. The number of thiazole rings is 1. The van der Waals surface area contributed by atoms with Gasteiger partial charge in [0.15, 0.2) is 0 Å². The largest absolute Gasteiger partial charge is 0.573 e. The molecule has 0 saturated carbocycles. The predicted octanol–water partition coefficient (Wildman–Crippen LogP) is 4.98. The summed E-state index contributed by atoms with van der Waals surface area (Å²) in [6, 6.07) is 4.35. The molecule has 0 aliphatic heterocycles. The van der Waals surface area contributed by atoms with Crippen LogP contribution in [0.2, 0.25) is 0 Å². The molecule has 1 aromatic carbocycles. The molecule has 0 saturated heterocycles. The van der Waals surface area contributed by atoms with Crippen LogP contribution in [0.5, 0.6) is 5.75 Å². The highest BCUT2D eigenvalue weighted by atomic mass is 79.9. The molecule has 20 heavy (non-hydrogen) atoms. The highest BCUT2D eigenvalue weighted by Gasteiger charge is 2.31. The zero-order valence-electron chi connectivity index (χ0n) is 10.2. The number of halogens is 4.